The van der Waals surface area contributed by atoms with Crippen molar-refractivity contribution in [3.8, 4) is 5.75 Å². The Hall–Kier alpha value is -2.45. The van der Waals surface area contributed by atoms with E-state index in [9.17, 15) is 17.6 Å². The lowest BCUT2D eigenvalue weighted by Gasteiger charge is -2.30. The predicted octanol–water partition coefficient (Wildman–Crippen LogP) is 2.90. The number of hydrogen-bond acceptors (Lipinski definition) is 4. The molecule has 0 amide bonds. The van der Waals surface area contributed by atoms with Crippen molar-refractivity contribution in [1.82, 2.24) is 4.90 Å². The minimum Gasteiger partial charge on any atom is -0.406 e. The standard InChI is InChI=1S/C16H20F4N4O/c1-10-7-11(4-5-14(10)25-16(18,19)20)13(21)8-15(23-22)24-6-2-3-12(17)9-24/h4-5,7-8,12H,2-3,6,9,21-22H2,1H3/t12-/m1/s1. The zero-order valence-electron chi connectivity index (χ0n) is 13.7. The molecule has 5 nitrogen and oxygen atoms in total. The van der Waals surface area contributed by atoms with Crippen LogP contribution in [0.15, 0.2) is 29.4 Å². The summed E-state index contributed by atoms with van der Waals surface area (Å²) < 4.78 is 54.4. The fourth-order valence-electron chi connectivity index (χ4n) is 2.63. The maximum Gasteiger partial charge on any atom is 0.573 e. The Labute approximate surface area is 142 Å². The number of alkyl halides is 4. The van der Waals surface area contributed by atoms with Gasteiger partial charge in [-0.05, 0) is 49.1 Å². The Kier molecular flexibility index (Phi) is 5.76. The first-order chi connectivity index (χ1) is 11.7. The second kappa shape index (κ2) is 7.62. The van der Waals surface area contributed by atoms with E-state index >= 15 is 0 Å². The topological polar surface area (TPSA) is 76.9 Å². The molecule has 0 aliphatic carbocycles. The molecule has 1 fully saturated rings. The molecule has 0 unspecified atom stereocenters. The van der Waals surface area contributed by atoms with Crippen LogP contribution >= 0.6 is 0 Å². The van der Waals surface area contributed by atoms with Crippen molar-refractivity contribution in [1.29, 1.82) is 0 Å². The summed E-state index contributed by atoms with van der Waals surface area (Å²) in [5.74, 6) is 5.41. The van der Waals surface area contributed by atoms with Crippen LogP contribution in [0.2, 0.25) is 0 Å². The van der Waals surface area contributed by atoms with Gasteiger partial charge in [0, 0.05) is 18.3 Å². The van der Waals surface area contributed by atoms with Gasteiger partial charge in [0.2, 0.25) is 0 Å². The van der Waals surface area contributed by atoms with Gasteiger partial charge in [0.1, 0.15) is 17.8 Å². The number of aryl methyl sites for hydroxylation is 1. The molecule has 1 heterocycles. The molecule has 0 bridgehead atoms. The fraction of sp³-hybridized carbons (Fsp3) is 0.438. The first kappa shape index (κ1) is 18.9. The average Bonchev–Trinajstić information content (AvgIpc) is 2.53. The Bertz CT molecular complexity index is 673. The number of hydrazone groups is 1. The molecule has 0 saturated carbocycles. The second-order valence-electron chi connectivity index (χ2n) is 5.80. The largest absolute Gasteiger partial charge is 0.573 e. The molecular formula is C16H20F4N4O. The van der Waals surface area contributed by atoms with Crippen molar-refractivity contribution in [3.63, 3.8) is 0 Å². The number of halogens is 4. The number of likely N-dealkylation sites (tertiary alicyclic amines) is 1. The SMILES string of the molecule is Cc1cc(C(N)=CC(=NN)N2CCC[C@@H](F)C2)ccc1OC(F)(F)F. The number of nitrogens with zero attached hydrogens (tertiary/aromatic N) is 2. The van der Waals surface area contributed by atoms with Gasteiger partial charge in [-0.3, -0.25) is 0 Å². The molecule has 9 heteroatoms. The average molecular weight is 360 g/mol. The van der Waals surface area contributed by atoms with Gasteiger partial charge in [0.25, 0.3) is 0 Å². The summed E-state index contributed by atoms with van der Waals surface area (Å²) in [7, 11) is 0. The summed E-state index contributed by atoms with van der Waals surface area (Å²) >= 11 is 0. The van der Waals surface area contributed by atoms with E-state index in [1.165, 1.54) is 31.2 Å². The smallest absolute Gasteiger partial charge is 0.406 e. The fourth-order valence-corrected chi connectivity index (χ4v) is 2.63. The van der Waals surface area contributed by atoms with Crippen molar-refractivity contribution < 1.29 is 22.3 Å². The van der Waals surface area contributed by atoms with Gasteiger partial charge in [-0.15, -0.1) is 13.2 Å². The van der Waals surface area contributed by atoms with Crippen molar-refractivity contribution in [2.45, 2.75) is 32.3 Å². The molecule has 2 rings (SSSR count). The number of piperidine rings is 1. The molecule has 0 aromatic heterocycles. The van der Waals surface area contributed by atoms with Crippen LogP contribution in [-0.2, 0) is 0 Å². The first-order valence-corrected chi connectivity index (χ1v) is 7.70. The van der Waals surface area contributed by atoms with Crippen molar-refractivity contribution in [2.75, 3.05) is 13.1 Å². The highest BCUT2D eigenvalue weighted by Gasteiger charge is 2.31. The lowest BCUT2D eigenvalue weighted by atomic mass is 10.1. The number of amidine groups is 1. The van der Waals surface area contributed by atoms with Crippen LogP contribution in [0.25, 0.3) is 5.70 Å². The van der Waals surface area contributed by atoms with Crippen LogP contribution in [0.5, 0.6) is 5.75 Å². The predicted molar refractivity (Wildman–Crippen MR) is 87.4 cm³/mol. The molecule has 0 radical (unpaired) electrons. The quantitative estimate of drug-likeness (QED) is 0.286. The van der Waals surface area contributed by atoms with Crippen LogP contribution in [0.4, 0.5) is 17.6 Å². The first-order valence-electron chi connectivity index (χ1n) is 7.70. The molecule has 1 aromatic carbocycles. The summed E-state index contributed by atoms with van der Waals surface area (Å²) in [5, 5.41) is 3.65. The molecule has 4 N–H and O–H groups in total. The zero-order valence-corrected chi connectivity index (χ0v) is 13.7. The Balaban J connectivity index is 2.19. The van der Waals surface area contributed by atoms with E-state index in [0.29, 0.717) is 30.8 Å². The van der Waals surface area contributed by atoms with Gasteiger partial charge in [0.15, 0.2) is 0 Å². The molecule has 1 aliphatic rings. The van der Waals surface area contributed by atoms with E-state index < -0.39 is 12.5 Å². The van der Waals surface area contributed by atoms with Gasteiger partial charge in [0.05, 0.1) is 6.54 Å². The number of benzene rings is 1. The van der Waals surface area contributed by atoms with Crippen LogP contribution in [0.3, 0.4) is 0 Å². The van der Waals surface area contributed by atoms with Gasteiger partial charge >= 0.3 is 6.36 Å². The summed E-state index contributed by atoms with van der Waals surface area (Å²) in [6.45, 7) is 2.27. The van der Waals surface area contributed by atoms with Gasteiger partial charge in [-0.1, -0.05) is 0 Å². The van der Waals surface area contributed by atoms with Crippen LogP contribution in [0, 0.1) is 6.92 Å². The van der Waals surface area contributed by atoms with Crippen LogP contribution < -0.4 is 16.3 Å². The molecule has 25 heavy (non-hydrogen) atoms. The molecule has 1 saturated heterocycles. The van der Waals surface area contributed by atoms with Gasteiger partial charge in [-0.25, -0.2) is 4.39 Å². The van der Waals surface area contributed by atoms with Crippen molar-refractivity contribution >= 4 is 11.5 Å². The van der Waals surface area contributed by atoms with Gasteiger partial charge < -0.3 is 21.2 Å². The van der Waals surface area contributed by atoms with E-state index in [2.05, 4.69) is 9.84 Å². The number of ether oxygens (including phenoxy) is 1. The van der Waals surface area contributed by atoms with Gasteiger partial charge in [-0.2, -0.15) is 5.10 Å². The molecule has 1 aromatic rings. The lowest BCUT2D eigenvalue weighted by Crippen LogP contribution is -2.40. The number of hydrogen-bond donors (Lipinski definition) is 2. The summed E-state index contributed by atoms with van der Waals surface area (Å²) in [4.78, 5) is 1.69. The van der Waals surface area contributed by atoms with E-state index in [0.717, 1.165) is 0 Å². The highest BCUT2D eigenvalue weighted by molar-refractivity contribution is 5.98. The van der Waals surface area contributed by atoms with Crippen molar-refractivity contribution in [3.05, 3.63) is 35.4 Å². The summed E-state index contributed by atoms with van der Waals surface area (Å²) in [6, 6.07) is 4.06. The number of nitrogens with two attached hydrogens (primary N) is 2. The normalized spacial score (nSPS) is 19.9. The maximum atomic E-state index is 13.5. The third-order valence-electron chi connectivity index (χ3n) is 3.84. The zero-order chi connectivity index (χ0) is 18.6. The summed E-state index contributed by atoms with van der Waals surface area (Å²) in [6.07, 6.45) is -3.06. The monoisotopic (exact) mass is 360 g/mol. The lowest BCUT2D eigenvalue weighted by molar-refractivity contribution is -0.274. The molecule has 138 valence electrons. The van der Waals surface area contributed by atoms with Crippen LogP contribution in [0.1, 0.15) is 24.0 Å². The Morgan fingerprint density at radius 2 is 2.12 bits per heavy atom. The minimum absolute atomic E-state index is 0.178. The van der Waals surface area contributed by atoms with E-state index in [4.69, 9.17) is 11.6 Å². The maximum absolute atomic E-state index is 13.5. The van der Waals surface area contributed by atoms with E-state index in [1.807, 2.05) is 0 Å². The highest BCUT2D eigenvalue weighted by atomic mass is 19.4. The van der Waals surface area contributed by atoms with Crippen LogP contribution in [-0.4, -0.2) is 36.4 Å². The molecule has 0 spiro atoms. The number of rotatable bonds is 3. The van der Waals surface area contributed by atoms with E-state index in [1.54, 1.807) is 4.90 Å². The second-order valence-corrected chi connectivity index (χ2v) is 5.80. The highest BCUT2D eigenvalue weighted by Crippen LogP contribution is 2.28. The summed E-state index contributed by atoms with van der Waals surface area (Å²) in [5.41, 5.74) is 7.02. The van der Waals surface area contributed by atoms with Crippen molar-refractivity contribution in [2.24, 2.45) is 16.7 Å². The molecule has 1 atom stereocenters. The Morgan fingerprint density at radius 3 is 2.68 bits per heavy atom. The third-order valence-corrected chi connectivity index (χ3v) is 3.84. The third kappa shape index (κ3) is 5.27. The molecule has 1 aliphatic heterocycles. The van der Waals surface area contributed by atoms with E-state index in [-0.39, 0.29) is 23.6 Å². The minimum atomic E-state index is -4.76. The Morgan fingerprint density at radius 1 is 1.40 bits per heavy atom. The molecular weight excluding hydrogens is 340 g/mol.